The molecule has 0 unspecified atom stereocenters. The minimum absolute atomic E-state index is 0.0601. The van der Waals surface area contributed by atoms with E-state index in [1.807, 2.05) is 36.7 Å². The molecule has 1 fully saturated rings. The van der Waals surface area contributed by atoms with Crippen molar-refractivity contribution in [3.8, 4) is 11.3 Å². The van der Waals surface area contributed by atoms with Gasteiger partial charge in [-0.2, -0.15) is 0 Å². The predicted molar refractivity (Wildman–Crippen MR) is 100 cm³/mol. The Morgan fingerprint density at radius 3 is 2.73 bits per heavy atom. The fourth-order valence-electron chi connectivity index (χ4n) is 2.60. The van der Waals surface area contributed by atoms with Crippen LogP contribution in [0.5, 0.6) is 0 Å². The van der Waals surface area contributed by atoms with Gasteiger partial charge in [0.05, 0.1) is 36.0 Å². The van der Waals surface area contributed by atoms with Crippen molar-refractivity contribution in [2.45, 2.75) is 6.92 Å². The molecule has 1 aromatic carbocycles. The highest BCUT2D eigenvalue weighted by molar-refractivity contribution is 5.93. The SMILES string of the molecule is [2H]C1([2H])OC([2H])([2H])C([2H])([2H])N(C(=O)Nc2cc3cc(-c4cnc(C)n4C)ccc3cn2)C1([2H])[2H]. The summed E-state index contributed by atoms with van der Waals surface area (Å²) in [5.41, 5.74) is 1.71. The van der Waals surface area contributed by atoms with Crippen molar-refractivity contribution in [1.82, 2.24) is 19.4 Å². The van der Waals surface area contributed by atoms with Gasteiger partial charge in [-0.05, 0) is 24.4 Å². The van der Waals surface area contributed by atoms with Crippen LogP contribution < -0.4 is 5.32 Å². The molecule has 134 valence electrons. The van der Waals surface area contributed by atoms with E-state index >= 15 is 0 Å². The van der Waals surface area contributed by atoms with E-state index in [-0.39, 0.29) is 10.7 Å². The lowest BCUT2D eigenvalue weighted by atomic mass is 10.1. The zero-order valence-corrected chi connectivity index (χ0v) is 14.1. The highest BCUT2D eigenvalue weighted by atomic mass is 16.5. The number of fused-ring (bicyclic) bond motifs is 1. The summed E-state index contributed by atoms with van der Waals surface area (Å²) in [6, 6.07) is 5.63. The molecule has 3 heterocycles. The number of aromatic nitrogens is 3. The van der Waals surface area contributed by atoms with Gasteiger partial charge in [-0.3, -0.25) is 5.32 Å². The molecule has 0 atom stereocenters. The van der Waals surface area contributed by atoms with E-state index < -0.39 is 32.1 Å². The first-order chi connectivity index (χ1) is 15.6. The lowest BCUT2D eigenvalue weighted by Gasteiger charge is -2.26. The number of carbonyl (C=O) groups excluding carboxylic acids is 1. The van der Waals surface area contributed by atoms with E-state index in [0.29, 0.717) is 5.39 Å². The number of rotatable bonds is 2. The number of morpholine rings is 1. The standard InChI is InChI=1S/C19H21N5O2/c1-13-20-12-17(23(13)2)14-3-4-15-11-21-18(10-16(15)9-14)22-19(25)24-5-7-26-8-6-24/h3-4,9-12H,5-8H2,1-2H3,(H,21,22,25)/i5D2,6D2,7D2,8D2. The number of imidazole rings is 1. The number of nitrogens with one attached hydrogen (secondary N) is 1. The molecule has 3 aromatic rings. The summed E-state index contributed by atoms with van der Waals surface area (Å²) in [5.74, 6) is 0.765. The molecule has 1 aliphatic heterocycles. The number of amides is 2. The minimum atomic E-state index is -3.34. The van der Waals surface area contributed by atoms with Gasteiger partial charge in [0.25, 0.3) is 0 Å². The van der Waals surface area contributed by atoms with Crippen LogP contribution in [0.2, 0.25) is 0 Å². The Labute approximate surface area is 162 Å². The Balaban J connectivity index is 1.70. The third-order valence-electron chi connectivity index (χ3n) is 4.09. The average Bonchev–Trinajstić information content (AvgIpc) is 3.03. The maximum atomic E-state index is 12.9. The lowest BCUT2D eigenvalue weighted by molar-refractivity contribution is 0.0564. The Bertz CT molecular complexity index is 1270. The van der Waals surface area contributed by atoms with Gasteiger partial charge in [0.1, 0.15) is 11.6 Å². The normalized spacial score (nSPS) is 26.9. The number of nitrogens with zero attached hydrogens (tertiary/aromatic N) is 4. The molecular weight excluding hydrogens is 330 g/mol. The molecule has 26 heavy (non-hydrogen) atoms. The van der Waals surface area contributed by atoms with Gasteiger partial charge in [-0.1, -0.05) is 12.1 Å². The molecule has 1 saturated heterocycles. The Morgan fingerprint density at radius 1 is 1.19 bits per heavy atom. The second-order valence-corrected chi connectivity index (χ2v) is 5.68. The molecule has 1 aliphatic rings. The number of hydrogen-bond acceptors (Lipinski definition) is 4. The Hall–Kier alpha value is -2.93. The molecule has 7 nitrogen and oxygen atoms in total. The summed E-state index contributed by atoms with van der Waals surface area (Å²) in [6.07, 6.45) is 3.19. The molecule has 0 saturated carbocycles. The zero-order valence-electron chi connectivity index (χ0n) is 22.1. The van der Waals surface area contributed by atoms with Gasteiger partial charge in [0.15, 0.2) is 0 Å². The average molecular weight is 359 g/mol. The molecule has 1 N–H and O–H groups in total. The van der Waals surface area contributed by atoms with Gasteiger partial charge >= 0.3 is 6.03 Å². The monoisotopic (exact) mass is 359 g/mol. The third kappa shape index (κ3) is 3.13. The van der Waals surface area contributed by atoms with E-state index in [1.165, 1.54) is 12.3 Å². The number of urea groups is 1. The van der Waals surface area contributed by atoms with Crippen molar-refractivity contribution in [3.05, 3.63) is 42.5 Å². The molecule has 0 bridgehead atoms. The summed E-state index contributed by atoms with van der Waals surface area (Å²) >= 11 is 0. The van der Waals surface area contributed by atoms with Gasteiger partial charge in [0.2, 0.25) is 0 Å². The van der Waals surface area contributed by atoms with Crippen LogP contribution in [-0.2, 0) is 11.8 Å². The number of benzene rings is 1. The van der Waals surface area contributed by atoms with Crippen molar-refractivity contribution in [2.75, 3.05) is 31.4 Å². The number of anilines is 1. The van der Waals surface area contributed by atoms with Crippen molar-refractivity contribution < 1.29 is 20.5 Å². The Kier molecular flexibility index (Phi) is 2.52. The van der Waals surface area contributed by atoms with Crippen molar-refractivity contribution in [3.63, 3.8) is 0 Å². The van der Waals surface area contributed by atoms with Gasteiger partial charge in [0, 0.05) is 37.2 Å². The first-order valence-corrected chi connectivity index (χ1v) is 7.78. The van der Waals surface area contributed by atoms with Gasteiger partial charge in [-0.25, -0.2) is 14.8 Å². The third-order valence-corrected chi connectivity index (χ3v) is 4.09. The molecule has 4 rings (SSSR count). The summed E-state index contributed by atoms with van der Waals surface area (Å²) < 4.78 is 69.1. The fourth-order valence-corrected chi connectivity index (χ4v) is 2.60. The molecule has 2 aromatic heterocycles. The minimum Gasteiger partial charge on any atom is -0.378 e. The summed E-state index contributed by atoms with van der Waals surface area (Å²) in [4.78, 5) is 21.1. The zero-order chi connectivity index (χ0) is 25.3. The first-order valence-electron chi connectivity index (χ1n) is 11.8. The van der Waals surface area contributed by atoms with E-state index in [1.54, 1.807) is 6.20 Å². The highest BCUT2D eigenvalue weighted by Crippen LogP contribution is 2.25. The molecular formula is C19H21N5O2. The number of aryl methyl sites for hydroxylation is 1. The molecule has 2 amide bonds. The van der Waals surface area contributed by atoms with Crippen LogP contribution in [-0.4, -0.2) is 51.6 Å². The summed E-state index contributed by atoms with van der Waals surface area (Å²) in [7, 11) is 1.88. The van der Waals surface area contributed by atoms with Crippen LogP contribution in [0.15, 0.2) is 36.7 Å². The van der Waals surface area contributed by atoms with Crippen LogP contribution in [0.4, 0.5) is 10.6 Å². The number of ether oxygens (including phenoxy) is 1. The van der Waals surface area contributed by atoms with Crippen LogP contribution in [0.1, 0.15) is 16.8 Å². The van der Waals surface area contributed by atoms with Crippen LogP contribution in [0.3, 0.4) is 0 Å². The topological polar surface area (TPSA) is 72.3 Å². The maximum absolute atomic E-state index is 12.9. The lowest BCUT2D eigenvalue weighted by Crippen LogP contribution is -2.43. The molecule has 0 aliphatic carbocycles. The second kappa shape index (κ2) is 6.76. The van der Waals surface area contributed by atoms with Crippen LogP contribution in [0, 0.1) is 6.92 Å². The second-order valence-electron chi connectivity index (χ2n) is 5.68. The highest BCUT2D eigenvalue weighted by Gasteiger charge is 2.17. The van der Waals surface area contributed by atoms with E-state index in [9.17, 15) is 4.79 Å². The van der Waals surface area contributed by atoms with Crippen LogP contribution in [0.25, 0.3) is 22.0 Å². The first kappa shape index (κ1) is 9.68. The molecule has 0 radical (unpaired) electrons. The maximum Gasteiger partial charge on any atom is 0.323 e. The molecule has 0 spiro atoms. The number of hydrogen-bond donors (Lipinski definition) is 1. The van der Waals surface area contributed by atoms with Gasteiger partial charge < -0.3 is 14.2 Å². The quantitative estimate of drug-likeness (QED) is 0.764. The summed E-state index contributed by atoms with van der Waals surface area (Å²) in [5, 5.41) is 3.66. The van der Waals surface area contributed by atoms with E-state index in [0.717, 1.165) is 22.5 Å². The number of carbonyl (C=O) groups is 1. The van der Waals surface area contributed by atoms with Crippen molar-refractivity contribution >= 4 is 22.6 Å². The largest absolute Gasteiger partial charge is 0.378 e. The van der Waals surface area contributed by atoms with Crippen molar-refractivity contribution in [2.24, 2.45) is 7.05 Å². The fraction of sp³-hybridized carbons (Fsp3) is 0.316. The number of pyridine rings is 1. The van der Waals surface area contributed by atoms with E-state index in [2.05, 4.69) is 20.0 Å². The summed E-state index contributed by atoms with van der Waals surface area (Å²) in [6.45, 7) is -11.5. The van der Waals surface area contributed by atoms with Crippen LogP contribution >= 0.6 is 0 Å². The van der Waals surface area contributed by atoms with Gasteiger partial charge in [-0.15, -0.1) is 0 Å². The van der Waals surface area contributed by atoms with E-state index in [4.69, 9.17) is 11.0 Å². The molecule has 7 heteroatoms. The Morgan fingerprint density at radius 2 is 2.00 bits per heavy atom. The smallest absolute Gasteiger partial charge is 0.323 e. The predicted octanol–water partition coefficient (Wildman–Crippen LogP) is 2.81. The van der Waals surface area contributed by atoms with Crippen molar-refractivity contribution in [1.29, 1.82) is 0 Å².